The molecule has 0 aromatic carbocycles. The summed E-state index contributed by atoms with van der Waals surface area (Å²) >= 11 is 1.65. The molecule has 0 spiro atoms. The molecule has 16 heavy (non-hydrogen) atoms. The Kier molecular flexibility index (Phi) is 4.18. The number of aryl methyl sites for hydroxylation is 1. The van der Waals surface area contributed by atoms with Gasteiger partial charge in [0.25, 0.3) is 5.19 Å². The van der Waals surface area contributed by atoms with Crippen LogP contribution in [0.5, 0.6) is 5.19 Å². The fourth-order valence-electron chi connectivity index (χ4n) is 2.20. The molecule has 1 aromatic heterocycles. The Hall–Kier alpha value is -0.610. The van der Waals surface area contributed by atoms with Gasteiger partial charge in [0.15, 0.2) is 0 Å². The van der Waals surface area contributed by atoms with Crippen LogP contribution in [0.25, 0.3) is 0 Å². The van der Waals surface area contributed by atoms with E-state index in [9.17, 15) is 0 Å². The second-order valence-corrected chi connectivity index (χ2v) is 5.45. The van der Waals surface area contributed by atoms with Gasteiger partial charge in [-0.15, -0.1) is 0 Å². The van der Waals surface area contributed by atoms with Gasteiger partial charge in [-0.2, -0.15) is 0 Å². The van der Waals surface area contributed by atoms with Crippen molar-refractivity contribution in [3.8, 4) is 5.19 Å². The summed E-state index contributed by atoms with van der Waals surface area (Å²) in [6, 6.07) is 0.709. The Labute approximate surface area is 101 Å². The van der Waals surface area contributed by atoms with Crippen LogP contribution >= 0.6 is 11.3 Å². The third kappa shape index (κ3) is 2.95. The lowest BCUT2D eigenvalue weighted by atomic mass is 9.95. The number of rotatable bonds is 4. The highest BCUT2D eigenvalue weighted by atomic mass is 32.1. The highest BCUT2D eigenvalue weighted by molar-refractivity contribution is 7.13. The number of hydrogen-bond donors (Lipinski definition) is 1. The van der Waals surface area contributed by atoms with Gasteiger partial charge in [-0.3, -0.25) is 0 Å². The molecule has 3 nitrogen and oxygen atoms in total. The van der Waals surface area contributed by atoms with Gasteiger partial charge < -0.3 is 10.1 Å². The molecule has 1 N–H and O–H groups in total. The van der Waals surface area contributed by atoms with Crippen LogP contribution in [-0.2, 0) is 6.54 Å². The number of aromatic nitrogens is 1. The lowest BCUT2D eigenvalue weighted by Gasteiger charge is -2.22. The first-order valence-electron chi connectivity index (χ1n) is 6.03. The highest BCUT2D eigenvalue weighted by Crippen LogP contribution is 2.25. The van der Waals surface area contributed by atoms with E-state index >= 15 is 0 Å². The minimum Gasteiger partial charge on any atom is -0.473 e. The largest absolute Gasteiger partial charge is 0.473 e. The van der Waals surface area contributed by atoms with Gasteiger partial charge in [0.1, 0.15) is 0 Å². The molecule has 1 aromatic rings. The lowest BCUT2D eigenvalue weighted by Crippen LogP contribution is -2.30. The van der Waals surface area contributed by atoms with Crippen molar-refractivity contribution in [2.24, 2.45) is 0 Å². The molecule has 2 rings (SSSR count). The van der Waals surface area contributed by atoms with Gasteiger partial charge >= 0.3 is 0 Å². The van der Waals surface area contributed by atoms with Crippen LogP contribution in [-0.4, -0.2) is 18.1 Å². The second kappa shape index (κ2) is 5.64. The molecule has 1 saturated carbocycles. The van der Waals surface area contributed by atoms with E-state index in [-0.39, 0.29) is 0 Å². The van der Waals surface area contributed by atoms with Crippen molar-refractivity contribution < 1.29 is 4.74 Å². The zero-order chi connectivity index (χ0) is 11.4. The smallest absolute Gasteiger partial charge is 0.273 e. The molecular formula is C12H20N2OS. The Morgan fingerprint density at radius 1 is 1.38 bits per heavy atom. The SMILES string of the molecule is COc1nc(C)c(CNC2CCCCC2)s1. The Morgan fingerprint density at radius 3 is 2.75 bits per heavy atom. The molecule has 0 unspecified atom stereocenters. The quantitative estimate of drug-likeness (QED) is 0.878. The van der Waals surface area contributed by atoms with Crippen molar-refractivity contribution in [1.82, 2.24) is 10.3 Å². The maximum Gasteiger partial charge on any atom is 0.273 e. The summed E-state index contributed by atoms with van der Waals surface area (Å²) < 4.78 is 5.15. The molecule has 0 aliphatic heterocycles. The Bertz CT molecular complexity index is 332. The first kappa shape index (κ1) is 11.9. The fraction of sp³-hybridized carbons (Fsp3) is 0.750. The van der Waals surface area contributed by atoms with E-state index in [2.05, 4.69) is 17.2 Å². The monoisotopic (exact) mass is 240 g/mol. The summed E-state index contributed by atoms with van der Waals surface area (Å²) in [6.07, 6.45) is 6.82. The average Bonchev–Trinajstić information content (AvgIpc) is 2.69. The van der Waals surface area contributed by atoms with Crippen molar-refractivity contribution in [2.75, 3.05) is 7.11 Å². The average molecular weight is 240 g/mol. The molecule has 1 fully saturated rings. The second-order valence-electron chi connectivity index (χ2n) is 4.41. The molecule has 1 aliphatic rings. The fourth-order valence-corrected chi connectivity index (χ4v) is 3.02. The first-order chi connectivity index (χ1) is 7.79. The van der Waals surface area contributed by atoms with E-state index < -0.39 is 0 Å². The van der Waals surface area contributed by atoms with Crippen LogP contribution in [0.4, 0.5) is 0 Å². The van der Waals surface area contributed by atoms with E-state index in [1.807, 2.05) is 0 Å². The van der Waals surface area contributed by atoms with Crippen LogP contribution in [0, 0.1) is 6.92 Å². The molecule has 0 saturated heterocycles. The number of ether oxygens (including phenoxy) is 1. The van der Waals surface area contributed by atoms with Gasteiger partial charge in [-0.25, -0.2) is 4.98 Å². The van der Waals surface area contributed by atoms with E-state index in [0.717, 1.165) is 17.4 Å². The van der Waals surface area contributed by atoms with Gasteiger partial charge in [-0.05, 0) is 19.8 Å². The van der Waals surface area contributed by atoms with Crippen LogP contribution < -0.4 is 10.1 Å². The summed E-state index contributed by atoms with van der Waals surface area (Å²) in [5.41, 5.74) is 1.10. The predicted octanol–water partition coefficient (Wildman–Crippen LogP) is 2.88. The molecule has 0 amide bonds. The Balaban J connectivity index is 1.85. The van der Waals surface area contributed by atoms with Crippen LogP contribution in [0.2, 0.25) is 0 Å². The molecule has 0 bridgehead atoms. The summed E-state index contributed by atoms with van der Waals surface area (Å²) in [5, 5.41) is 4.41. The van der Waals surface area contributed by atoms with Crippen LogP contribution in [0.3, 0.4) is 0 Å². The number of thiazole rings is 1. The van der Waals surface area contributed by atoms with E-state index in [1.165, 1.54) is 37.0 Å². The van der Waals surface area contributed by atoms with E-state index in [0.29, 0.717) is 6.04 Å². The van der Waals surface area contributed by atoms with E-state index in [1.54, 1.807) is 18.4 Å². The third-order valence-corrected chi connectivity index (χ3v) is 4.32. The Morgan fingerprint density at radius 2 is 2.12 bits per heavy atom. The number of nitrogens with zero attached hydrogens (tertiary/aromatic N) is 1. The standard InChI is InChI=1S/C12H20N2OS/c1-9-11(16-12(14-9)15-2)8-13-10-6-4-3-5-7-10/h10,13H,3-8H2,1-2H3. The number of methoxy groups -OCH3 is 1. The van der Waals surface area contributed by atoms with Crippen LogP contribution in [0.15, 0.2) is 0 Å². The summed E-state index contributed by atoms with van der Waals surface area (Å²) in [4.78, 5) is 5.66. The molecule has 0 radical (unpaired) electrons. The summed E-state index contributed by atoms with van der Waals surface area (Å²) in [7, 11) is 1.68. The number of hydrogen-bond acceptors (Lipinski definition) is 4. The molecule has 90 valence electrons. The molecule has 1 heterocycles. The highest BCUT2D eigenvalue weighted by Gasteiger charge is 2.14. The molecule has 0 atom stereocenters. The van der Waals surface area contributed by atoms with Gasteiger partial charge in [0.05, 0.1) is 12.8 Å². The summed E-state index contributed by atoms with van der Waals surface area (Å²) in [6.45, 7) is 2.99. The van der Waals surface area contributed by atoms with Crippen molar-refractivity contribution in [3.05, 3.63) is 10.6 Å². The minimum atomic E-state index is 0.709. The topological polar surface area (TPSA) is 34.1 Å². The zero-order valence-corrected chi connectivity index (χ0v) is 10.9. The molecule has 4 heteroatoms. The molecular weight excluding hydrogens is 220 g/mol. The number of nitrogens with one attached hydrogen (secondary N) is 1. The minimum absolute atomic E-state index is 0.709. The normalized spacial score (nSPS) is 17.6. The lowest BCUT2D eigenvalue weighted by molar-refractivity contribution is 0.373. The maximum atomic E-state index is 5.15. The molecule has 1 aliphatic carbocycles. The van der Waals surface area contributed by atoms with Crippen molar-refractivity contribution in [3.63, 3.8) is 0 Å². The van der Waals surface area contributed by atoms with Gasteiger partial charge in [0.2, 0.25) is 0 Å². The van der Waals surface area contributed by atoms with Crippen molar-refractivity contribution >= 4 is 11.3 Å². The first-order valence-corrected chi connectivity index (χ1v) is 6.85. The summed E-state index contributed by atoms with van der Waals surface area (Å²) in [5.74, 6) is 0. The van der Waals surface area contributed by atoms with Gasteiger partial charge in [-0.1, -0.05) is 30.6 Å². The van der Waals surface area contributed by atoms with Crippen molar-refractivity contribution in [1.29, 1.82) is 0 Å². The van der Waals surface area contributed by atoms with Crippen molar-refractivity contribution in [2.45, 2.75) is 51.6 Å². The van der Waals surface area contributed by atoms with Gasteiger partial charge in [0, 0.05) is 17.5 Å². The zero-order valence-electron chi connectivity index (χ0n) is 10.1. The van der Waals surface area contributed by atoms with Crippen LogP contribution in [0.1, 0.15) is 42.7 Å². The third-order valence-electron chi connectivity index (χ3n) is 3.20. The van der Waals surface area contributed by atoms with E-state index in [4.69, 9.17) is 4.74 Å². The predicted molar refractivity (Wildman–Crippen MR) is 67.1 cm³/mol. The maximum absolute atomic E-state index is 5.15.